The molecule has 102 valence electrons. The van der Waals surface area contributed by atoms with Crippen LogP contribution < -0.4 is 5.73 Å². The molecular weight excluding hydrogens is 349 g/mol. The zero-order chi connectivity index (χ0) is 13.8. The van der Waals surface area contributed by atoms with Crippen LogP contribution in [0.2, 0.25) is 0 Å². The summed E-state index contributed by atoms with van der Waals surface area (Å²) in [5.41, 5.74) is 8.86. The minimum absolute atomic E-state index is 0.00445. The average Bonchev–Trinajstić information content (AvgIpc) is 2.80. The molecule has 0 bridgehead atoms. The van der Waals surface area contributed by atoms with Gasteiger partial charge in [0, 0.05) is 35.0 Å². The summed E-state index contributed by atoms with van der Waals surface area (Å²) in [7, 11) is 0. The van der Waals surface area contributed by atoms with Crippen LogP contribution in [0.3, 0.4) is 0 Å². The summed E-state index contributed by atoms with van der Waals surface area (Å²) in [6, 6.07) is 6.32. The SMILES string of the molecule is CCCn1ccnc1CC(N)c1cccc(C)c1I. The van der Waals surface area contributed by atoms with Gasteiger partial charge in [-0.3, -0.25) is 0 Å². The van der Waals surface area contributed by atoms with Crippen LogP contribution in [0.15, 0.2) is 30.6 Å². The molecule has 0 aliphatic rings. The second-order valence-corrected chi connectivity index (χ2v) is 5.90. The Morgan fingerprint density at radius 1 is 1.42 bits per heavy atom. The van der Waals surface area contributed by atoms with Crippen molar-refractivity contribution in [1.29, 1.82) is 0 Å². The van der Waals surface area contributed by atoms with Crippen LogP contribution in [0.1, 0.15) is 36.3 Å². The molecule has 19 heavy (non-hydrogen) atoms. The van der Waals surface area contributed by atoms with Crippen molar-refractivity contribution in [2.24, 2.45) is 5.73 Å². The summed E-state index contributed by atoms with van der Waals surface area (Å²) in [4.78, 5) is 4.43. The minimum atomic E-state index is 0.00445. The molecule has 2 N–H and O–H groups in total. The van der Waals surface area contributed by atoms with Gasteiger partial charge in [-0.05, 0) is 47.1 Å². The molecule has 3 nitrogen and oxygen atoms in total. The van der Waals surface area contributed by atoms with E-state index < -0.39 is 0 Å². The third kappa shape index (κ3) is 3.36. The lowest BCUT2D eigenvalue weighted by molar-refractivity contribution is 0.597. The highest BCUT2D eigenvalue weighted by Gasteiger charge is 2.14. The fourth-order valence-electron chi connectivity index (χ4n) is 2.24. The highest BCUT2D eigenvalue weighted by molar-refractivity contribution is 14.1. The predicted molar refractivity (Wildman–Crippen MR) is 87.0 cm³/mol. The van der Waals surface area contributed by atoms with Gasteiger partial charge in [-0.15, -0.1) is 0 Å². The van der Waals surface area contributed by atoms with Crippen LogP contribution in [0.25, 0.3) is 0 Å². The normalized spacial score (nSPS) is 12.6. The van der Waals surface area contributed by atoms with E-state index in [1.165, 1.54) is 14.7 Å². The molecule has 1 aromatic carbocycles. The zero-order valence-electron chi connectivity index (χ0n) is 11.4. The maximum absolute atomic E-state index is 6.36. The van der Waals surface area contributed by atoms with Gasteiger partial charge in [0.2, 0.25) is 0 Å². The number of rotatable bonds is 5. The van der Waals surface area contributed by atoms with Crippen LogP contribution in [0.5, 0.6) is 0 Å². The molecule has 0 saturated heterocycles. The smallest absolute Gasteiger partial charge is 0.110 e. The van der Waals surface area contributed by atoms with Crippen LogP contribution in [-0.4, -0.2) is 9.55 Å². The second kappa shape index (κ2) is 6.52. The van der Waals surface area contributed by atoms with Crippen LogP contribution in [0.4, 0.5) is 0 Å². The first-order valence-corrected chi connectivity index (χ1v) is 7.72. The maximum Gasteiger partial charge on any atom is 0.110 e. The number of halogens is 1. The molecule has 0 saturated carbocycles. The minimum Gasteiger partial charge on any atom is -0.335 e. The molecule has 0 fully saturated rings. The Kier molecular flexibility index (Phi) is 4.99. The third-order valence-corrected chi connectivity index (χ3v) is 4.76. The summed E-state index contributed by atoms with van der Waals surface area (Å²) in [5.74, 6) is 1.08. The van der Waals surface area contributed by atoms with Crippen molar-refractivity contribution in [3.05, 3.63) is 51.1 Å². The van der Waals surface area contributed by atoms with Gasteiger partial charge in [0.25, 0.3) is 0 Å². The van der Waals surface area contributed by atoms with Crippen molar-refractivity contribution in [3.63, 3.8) is 0 Å². The largest absolute Gasteiger partial charge is 0.335 e. The Morgan fingerprint density at radius 3 is 2.95 bits per heavy atom. The van der Waals surface area contributed by atoms with Crippen molar-refractivity contribution in [3.8, 4) is 0 Å². The molecule has 0 spiro atoms. The first-order valence-electron chi connectivity index (χ1n) is 6.64. The first kappa shape index (κ1) is 14.5. The number of aromatic nitrogens is 2. The zero-order valence-corrected chi connectivity index (χ0v) is 13.6. The Labute approximate surface area is 128 Å². The summed E-state index contributed by atoms with van der Waals surface area (Å²) < 4.78 is 3.46. The van der Waals surface area contributed by atoms with Crippen molar-refractivity contribution < 1.29 is 0 Å². The van der Waals surface area contributed by atoms with E-state index in [1.54, 1.807) is 0 Å². The van der Waals surface area contributed by atoms with E-state index in [1.807, 2.05) is 12.4 Å². The molecule has 1 aromatic heterocycles. The number of hydrogen-bond donors (Lipinski definition) is 1. The Morgan fingerprint density at radius 2 is 2.21 bits per heavy atom. The molecule has 1 unspecified atom stereocenters. The Balaban J connectivity index is 2.18. The summed E-state index contributed by atoms with van der Waals surface area (Å²) in [6.07, 6.45) is 5.79. The second-order valence-electron chi connectivity index (χ2n) is 4.83. The number of aryl methyl sites for hydroxylation is 2. The maximum atomic E-state index is 6.36. The van der Waals surface area contributed by atoms with Crippen molar-refractivity contribution in [2.45, 2.75) is 39.3 Å². The number of benzene rings is 1. The van der Waals surface area contributed by atoms with E-state index in [4.69, 9.17) is 5.73 Å². The average molecular weight is 369 g/mol. The van der Waals surface area contributed by atoms with Gasteiger partial charge < -0.3 is 10.3 Å². The van der Waals surface area contributed by atoms with E-state index in [0.717, 1.165) is 25.2 Å². The monoisotopic (exact) mass is 369 g/mol. The molecule has 1 heterocycles. The van der Waals surface area contributed by atoms with E-state index in [0.29, 0.717) is 0 Å². The van der Waals surface area contributed by atoms with Crippen molar-refractivity contribution in [1.82, 2.24) is 9.55 Å². The van der Waals surface area contributed by atoms with E-state index in [2.05, 4.69) is 64.2 Å². The number of nitrogens with two attached hydrogens (primary N) is 1. The molecule has 0 radical (unpaired) electrons. The standard InChI is InChI=1S/C15H20IN3/c1-3-8-19-9-7-18-14(19)10-13(17)12-6-4-5-11(2)15(12)16/h4-7,9,13H,3,8,10,17H2,1-2H3. The predicted octanol–water partition coefficient (Wildman–Crippen LogP) is 3.45. The molecule has 0 aliphatic heterocycles. The summed E-state index contributed by atoms with van der Waals surface area (Å²) in [6.45, 7) is 5.30. The number of nitrogens with zero attached hydrogens (tertiary/aromatic N) is 2. The molecular formula is C15H20IN3. The van der Waals surface area contributed by atoms with Crippen LogP contribution in [0, 0.1) is 10.5 Å². The van der Waals surface area contributed by atoms with Crippen molar-refractivity contribution in [2.75, 3.05) is 0 Å². The van der Waals surface area contributed by atoms with Gasteiger partial charge in [-0.2, -0.15) is 0 Å². The first-order chi connectivity index (χ1) is 9.13. The van der Waals surface area contributed by atoms with Crippen LogP contribution >= 0.6 is 22.6 Å². The Bertz CT molecular complexity index is 548. The Hall–Kier alpha value is -0.880. The van der Waals surface area contributed by atoms with E-state index in [9.17, 15) is 0 Å². The van der Waals surface area contributed by atoms with Gasteiger partial charge in [0.05, 0.1) is 0 Å². The van der Waals surface area contributed by atoms with Gasteiger partial charge >= 0.3 is 0 Å². The van der Waals surface area contributed by atoms with E-state index >= 15 is 0 Å². The fourth-order valence-corrected chi connectivity index (χ4v) is 3.00. The lowest BCUT2D eigenvalue weighted by Gasteiger charge is -2.16. The molecule has 2 aromatic rings. The molecule has 0 amide bonds. The van der Waals surface area contributed by atoms with Gasteiger partial charge in [-0.1, -0.05) is 25.1 Å². The quantitative estimate of drug-likeness (QED) is 0.821. The lowest BCUT2D eigenvalue weighted by atomic mass is 10.0. The molecule has 0 aliphatic carbocycles. The fraction of sp³-hybridized carbons (Fsp3) is 0.400. The number of hydrogen-bond acceptors (Lipinski definition) is 2. The molecule has 2 rings (SSSR count). The molecule has 1 atom stereocenters. The van der Waals surface area contributed by atoms with E-state index in [-0.39, 0.29) is 6.04 Å². The summed E-state index contributed by atoms with van der Waals surface area (Å²) >= 11 is 2.38. The van der Waals surface area contributed by atoms with Crippen LogP contribution in [-0.2, 0) is 13.0 Å². The highest BCUT2D eigenvalue weighted by Crippen LogP contribution is 2.23. The van der Waals surface area contributed by atoms with Gasteiger partial charge in [-0.25, -0.2) is 4.98 Å². The lowest BCUT2D eigenvalue weighted by Crippen LogP contribution is -2.18. The van der Waals surface area contributed by atoms with Crippen molar-refractivity contribution >= 4 is 22.6 Å². The third-order valence-electron chi connectivity index (χ3n) is 3.29. The topological polar surface area (TPSA) is 43.8 Å². The number of imidazole rings is 1. The molecule has 4 heteroatoms. The summed E-state index contributed by atoms with van der Waals surface area (Å²) in [5, 5.41) is 0. The highest BCUT2D eigenvalue weighted by atomic mass is 127. The van der Waals surface area contributed by atoms with Gasteiger partial charge in [0.1, 0.15) is 5.82 Å². The van der Waals surface area contributed by atoms with Gasteiger partial charge in [0.15, 0.2) is 0 Å².